The van der Waals surface area contributed by atoms with E-state index in [1.165, 1.54) is 7.11 Å². The van der Waals surface area contributed by atoms with Gasteiger partial charge in [-0.2, -0.15) is 0 Å². The van der Waals surface area contributed by atoms with Crippen molar-refractivity contribution in [2.24, 2.45) is 0 Å². The number of methoxy groups -OCH3 is 1. The van der Waals surface area contributed by atoms with E-state index in [2.05, 4.69) is 16.0 Å². The zero-order chi connectivity index (χ0) is 32.7. The average molecular weight is 648 g/mol. The number of benzene rings is 3. The second-order valence-corrected chi connectivity index (χ2v) is 11.3. The molecule has 12 nitrogen and oxygen atoms in total. The van der Waals surface area contributed by atoms with Gasteiger partial charge in [0.25, 0.3) is 11.8 Å². The van der Waals surface area contributed by atoms with Gasteiger partial charge in [-0.1, -0.05) is 24.3 Å². The molecule has 4 aromatic rings. The van der Waals surface area contributed by atoms with Crippen LogP contribution in [-0.4, -0.2) is 58.7 Å². The number of hydrogen-bond acceptors (Lipinski definition) is 9. The number of esters is 1. The fraction of sp³-hybridized carbons (Fsp3) is 0.0968. The lowest BCUT2D eigenvalue weighted by molar-refractivity contribution is -0.113. The van der Waals surface area contributed by atoms with Crippen LogP contribution in [0.3, 0.4) is 0 Å². The molecule has 0 saturated heterocycles. The number of amides is 3. The molecular weight excluding hydrogens is 622 g/mol. The van der Waals surface area contributed by atoms with E-state index in [-0.39, 0.29) is 32.3 Å². The van der Waals surface area contributed by atoms with Gasteiger partial charge >= 0.3 is 17.9 Å². The standard InChI is InChI=1S/C31H25N3O9S2/c1-16-24(31(42)43-2)28(45-25(16)27(37)32-18-7-4-3-5-8-18)34-23(35)15-44-20-10-6-9-19(14-20)33-26(36)21-12-11-17(29(38)39)13-22(21)30(40)41/h3-14H,15H2,1-2H3,(H,32,37)(H,33,36)(H,34,35)(H,38,39)(H,40,41). The lowest BCUT2D eigenvalue weighted by Gasteiger charge is -2.10. The molecule has 0 aliphatic rings. The summed E-state index contributed by atoms with van der Waals surface area (Å²) in [6.45, 7) is 1.59. The van der Waals surface area contributed by atoms with Crippen molar-refractivity contribution < 1.29 is 43.7 Å². The van der Waals surface area contributed by atoms with E-state index in [0.29, 0.717) is 21.8 Å². The molecule has 230 valence electrons. The lowest BCUT2D eigenvalue weighted by Crippen LogP contribution is -2.17. The van der Waals surface area contributed by atoms with Gasteiger partial charge in [0, 0.05) is 16.3 Å². The van der Waals surface area contributed by atoms with Gasteiger partial charge in [-0.15, -0.1) is 23.1 Å². The highest BCUT2D eigenvalue weighted by atomic mass is 32.2. The van der Waals surface area contributed by atoms with Crippen molar-refractivity contribution in [2.75, 3.05) is 28.8 Å². The van der Waals surface area contributed by atoms with E-state index in [4.69, 9.17) is 9.84 Å². The molecule has 0 aliphatic carbocycles. The Morgan fingerprint density at radius 2 is 1.47 bits per heavy atom. The van der Waals surface area contributed by atoms with Crippen LogP contribution in [0.1, 0.15) is 56.7 Å². The van der Waals surface area contributed by atoms with Crippen LogP contribution in [0.2, 0.25) is 0 Å². The first-order valence-corrected chi connectivity index (χ1v) is 14.8. The normalized spacial score (nSPS) is 10.4. The number of thioether (sulfide) groups is 1. The Hall–Kier alpha value is -5.47. The maximum atomic E-state index is 12.9. The highest BCUT2D eigenvalue weighted by Gasteiger charge is 2.26. The summed E-state index contributed by atoms with van der Waals surface area (Å²) in [5, 5.41) is 26.8. The molecule has 0 unspecified atom stereocenters. The number of para-hydroxylation sites is 1. The molecule has 0 radical (unpaired) electrons. The first-order valence-electron chi connectivity index (χ1n) is 13.0. The number of carboxylic acid groups (broad SMARTS) is 2. The largest absolute Gasteiger partial charge is 0.478 e. The minimum Gasteiger partial charge on any atom is -0.478 e. The molecule has 1 heterocycles. The van der Waals surface area contributed by atoms with Gasteiger partial charge < -0.3 is 30.9 Å². The van der Waals surface area contributed by atoms with Gasteiger partial charge in [-0.25, -0.2) is 14.4 Å². The molecule has 0 aliphatic heterocycles. The summed E-state index contributed by atoms with van der Waals surface area (Å²) in [6.07, 6.45) is 0. The fourth-order valence-electron chi connectivity index (χ4n) is 4.10. The number of carbonyl (C=O) groups is 6. The third-order valence-corrected chi connectivity index (χ3v) is 8.43. The maximum Gasteiger partial charge on any atom is 0.341 e. The Labute approximate surface area is 264 Å². The molecule has 3 aromatic carbocycles. The van der Waals surface area contributed by atoms with Crippen molar-refractivity contribution in [2.45, 2.75) is 11.8 Å². The summed E-state index contributed by atoms with van der Waals surface area (Å²) in [4.78, 5) is 74.9. The van der Waals surface area contributed by atoms with Gasteiger partial charge in [-0.3, -0.25) is 14.4 Å². The lowest BCUT2D eigenvalue weighted by atomic mass is 10.0. The van der Waals surface area contributed by atoms with Gasteiger partial charge in [0.05, 0.1) is 40.0 Å². The van der Waals surface area contributed by atoms with Gasteiger partial charge in [0.1, 0.15) is 5.00 Å². The number of hydrogen-bond donors (Lipinski definition) is 5. The first-order chi connectivity index (χ1) is 21.5. The number of anilines is 3. The Balaban J connectivity index is 1.44. The third-order valence-electron chi connectivity index (χ3n) is 6.23. The molecule has 45 heavy (non-hydrogen) atoms. The molecule has 0 bridgehead atoms. The van der Waals surface area contributed by atoms with Gasteiger partial charge in [0.2, 0.25) is 5.91 Å². The Morgan fingerprint density at radius 3 is 2.13 bits per heavy atom. The molecule has 3 amide bonds. The zero-order valence-corrected chi connectivity index (χ0v) is 25.3. The highest BCUT2D eigenvalue weighted by Crippen LogP contribution is 2.34. The van der Waals surface area contributed by atoms with E-state index >= 15 is 0 Å². The van der Waals surface area contributed by atoms with Crippen LogP contribution in [-0.2, 0) is 9.53 Å². The van der Waals surface area contributed by atoms with E-state index < -0.39 is 41.2 Å². The van der Waals surface area contributed by atoms with E-state index in [1.54, 1.807) is 61.5 Å². The minimum atomic E-state index is -1.46. The summed E-state index contributed by atoms with van der Waals surface area (Å²) in [5.74, 6) is -5.28. The van der Waals surface area contributed by atoms with Crippen molar-refractivity contribution in [1.82, 2.24) is 0 Å². The average Bonchev–Trinajstić information content (AvgIpc) is 3.35. The Bertz CT molecular complexity index is 1820. The number of ether oxygens (including phenoxy) is 1. The van der Waals surface area contributed by atoms with Crippen LogP contribution in [0.4, 0.5) is 16.4 Å². The van der Waals surface area contributed by atoms with E-state index in [9.17, 15) is 33.9 Å². The minimum absolute atomic E-state index is 0.0703. The summed E-state index contributed by atoms with van der Waals surface area (Å²) < 4.78 is 4.88. The van der Waals surface area contributed by atoms with Crippen molar-refractivity contribution in [3.8, 4) is 0 Å². The smallest absolute Gasteiger partial charge is 0.341 e. The van der Waals surface area contributed by atoms with Crippen LogP contribution in [0, 0.1) is 6.92 Å². The number of thiophene rings is 1. The van der Waals surface area contributed by atoms with Crippen molar-refractivity contribution in [3.05, 3.63) is 105 Å². The predicted molar refractivity (Wildman–Crippen MR) is 169 cm³/mol. The summed E-state index contributed by atoms with van der Waals surface area (Å²) in [6, 6.07) is 18.4. The summed E-state index contributed by atoms with van der Waals surface area (Å²) in [7, 11) is 1.20. The number of aromatic carboxylic acids is 2. The van der Waals surface area contributed by atoms with E-state index in [1.807, 2.05) is 0 Å². The topological polar surface area (TPSA) is 188 Å². The number of carboxylic acids is 2. The Morgan fingerprint density at radius 1 is 0.778 bits per heavy atom. The SMILES string of the molecule is COC(=O)c1c(NC(=O)CSc2cccc(NC(=O)c3ccc(C(=O)O)cc3C(=O)O)c2)sc(C(=O)Nc2ccccc2)c1C. The van der Waals surface area contributed by atoms with Crippen LogP contribution < -0.4 is 16.0 Å². The zero-order valence-electron chi connectivity index (χ0n) is 23.7. The molecular formula is C31H25N3O9S2. The van der Waals surface area contributed by atoms with Crippen molar-refractivity contribution >= 4 is 75.1 Å². The molecule has 1 aromatic heterocycles. The van der Waals surface area contributed by atoms with Crippen LogP contribution in [0.25, 0.3) is 0 Å². The molecule has 0 spiro atoms. The van der Waals surface area contributed by atoms with Crippen molar-refractivity contribution in [3.63, 3.8) is 0 Å². The van der Waals surface area contributed by atoms with Crippen molar-refractivity contribution in [1.29, 1.82) is 0 Å². The molecule has 5 N–H and O–H groups in total. The molecule has 0 saturated carbocycles. The molecule has 0 fully saturated rings. The van der Waals surface area contributed by atoms with Gasteiger partial charge in [-0.05, 0) is 61.0 Å². The molecule has 14 heteroatoms. The monoisotopic (exact) mass is 647 g/mol. The second kappa shape index (κ2) is 14.3. The summed E-state index contributed by atoms with van der Waals surface area (Å²) >= 11 is 2.07. The van der Waals surface area contributed by atoms with Crippen LogP contribution in [0.15, 0.2) is 77.7 Å². The number of rotatable bonds is 11. The third kappa shape index (κ3) is 7.93. The Kier molecular flexibility index (Phi) is 10.3. The fourth-order valence-corrected chi connectivity index (χ4v) is 5.96. The predicted octanol–water partition coefficient (Wildman–Crippen LogP) is 5.47. The molecule has 0 atom stereocenters. The maximum absolute atomic E-state index is 12.9. The quantitative estimate of drug-likeness (QED) is 0.103. The van der Waals surface area contributed by atoms with Gasteiger partial charge in [0.15, 0.2) is 0 Å². The first kappa shape index (κ1) is 32.4. The number of carbonyl (C=O) groups excluding carboxylic acids is 4. The molecule has 4 rings (SSSR count). The second-order valence-electron chi connectivity index (χ2n) is 9.26. The van der Waals surface area contributed by atoms with Crippen LogP contribution >= 0.6 is 23.1 Å². The summed E-state index contributed by atoms with van der Waals surface area (Å²) in [5.41, 5.74) is 0.327. The highest BCUT2D eigenvalue weighted by molar-refractivity contribution is 8.00. The van der Waals surface area contributed by atoms with E-state index in [0.717, 1.165) is 41.3 Å². The number of nitrogens with one attached hydrogen (secondary N) is 3. The van der Waals surface area contributed by atoms with Crippen LogP contribution in [0.5, 0.6) is 0 Å².